The molecule has 0 spiro atoms. The number of aromatic hydroxyl groups is 1. The number of ketones is 1. The van der Waals surface area contributed by atoms with Crippen LogP contribution in [0.3, 0.4) is 0 Å². The number of halogens is 1. The Morgan fingerprint density at radius 3 is 2.69 bits per heavy atom. The molecular weight excluding hydrogens is 280 g/mol. The molecule has 0 atom stereocenters. The van der Waals surface area contributed by atoms with Gasteiger partial charge in [-0.05, 0) is 6.07 Å². The van der Waals surface area contributed by atoms with Gasteiger partial charge in [-0.15, -0.1) is 0 Å². The van der Waals surface area contributed by atoms with Gasteiger partial charge in [0.05, 0.1) is 10.3 Å². The zero-order valence-electron chi connectivity index (χ0n) is 7.81. The number of benzene rings is 1. The Labute approximate surface area is 98.4 Å². The van der Waals surface area contributed by atoms with Crippen LogP contribution in [0.5, 0.6) is 5.75 Å². The van der Waals surface area contributed by atoms with E-state index in [9.17, 15) is 20.0 Å². The third-order valence-corrected chi connectivity index (χ3v) is 2.40. The minimum atomic E-state index is -0.821. The second kappa shape index (κ2) is 4.72. The number of alkyl halides is 1. The van der Waals surface area contributed by atoms with Gasteiger partial charge in [0.2, 0.25) is 5.75 Å². The summed E-state index contributed by atoms with van der Waals surface area (Å²) in [5, 5.41) is 28.7. The molecule has 7 heteroatoms. The van der Waals surface area contributed by atoms with Crippen molar-refractivity contribution >= 4 is 27.4 Å². The van der Waals surface area contributed by atoms with E-state index >= 15 is 0 Å². The average Bonchev–Trinajstić information content (AvgIpc) is 2.26. The highest BCUT2D eigenvalue weighted by atomic mass is 79.9. The molecule has 1 aromatic rings. The van der Waals surface area contributed by atoms with Gasteiger partial charge in [0.1, 0.15) is 11.6 Å². The fourth-order valence-electron chi connectivity index (χ4n) is 1.15. The van der Waals surface area contributed by atoms with Gasteiger partial charge in [-0.3, -0.25) is 14.9 Å². The highest BCUT2D eigenvalue weighted by Crippen LogP contribution is 2.31. The third-order valence-electron chi connectivity index (χ3n) is 1.89. The number of phenols is 1. The van der Waals surface area contributed by atoms with E-state index in [1.807, 2.05) is 0 Å². The summed E-state index contributed by atoms with van der Waals surface area (Å²) >= 11 is 2.91. The van der Waals surface area contributed by atoms with Crippen LogP contribution >= 0.6 is 15.9 Å². The van der Waals surface area contributed by atoms with E-state index in [1.165, 1.54) is 0 Å². The molecule has 0 aliphatic rings. The molecule has 0 bridgehead atoms. The highest BCUT2D eigenvalue weighted by Gasteiger charge is 2.22. The van der Waals surface area contributed by atoms with Crippen molar-refractivity contribution in [2.75, 3.05) is 5.33 Å². The van der Waals surface area contributed by atoms with Gasteiger partial charge in [0, 0.05) is 11.6 Å². The smallest absolute Gasteiger partial charge is 0.312 e. The molecule has 0 aromatic heterocycles. The molecule has 16 heavy (non-hydrogen) atoms. The fourth-order valence-corrected chi connectivity index (χ4v) is 1.45. The maximum atomic E-state index is 11.3. The number of Topliss-reactive ketones (excluding diaryl/α,β-unsaturated/α-hetero) is 1. The van der Waals surface area contributed by atoms with Crippen LogP contribution in [-0.4, -0.2) is 21.1 Å². The van der Waals surface area contributed by atoms with Crippen molar-refractivity contribution in [3.63, 3.8) is 0 Å². The first kappa shape index (κ1) is 12.1. The van der Waals surface area contributed by atoms with Crippen LogP contribution in [0.1, 0.15) is 15.9 Å². The number of nitriles is 1. The zero-order chi connectivity index (χ0) is 12.3. The van der Waals surface area contributed by atoms with Gasteiger partial charge < -0.3 is 5.11 Å². The van der Waals surface area contributed by atoms with Crippen LogP contribution in [0.15, 0.2) is 12.1 Å². The monoisotopic (exact) mass is 284 g/mol. The molecule has 0 fully saturated rings. The predicted octanol–water partition coefficient (Wildman–Crippen LogP) is 1.75. The summed E-state index contributed by atoms with van der Waals surface area (Å²) in [6, 6.07) is 3.72. The van der Waals surface area contributed by atoms with E-state index in [-0.39, 0.29) is 16.5 Å². The third kappa shape index (κ3) is 2.01. The maximum absolute atomic E-state index is 11.3. The molecular formula is C9H5BrN2O4. The summed E-state index contributed by atoms with van der Waals surface area (Å²) in [7, 11) is 0. The van der Waals surface area contributed by atoms with Crippen LogP contribution in [0.25, 0.3) is 0 Å². The summed E-state index contributed by atoms with van der Waals surface area (Å²) in [5.74, 6) is -1.21. The number of nitro groups is 1. The Bertz CT molecular complexity index is 507. The SMILES string of the molecule is N#Cc1c(C(=O)CBr)ccc([N+](=O)[O-])c1O. The van der Waals surface area contributed by atoms with Crippen LogP contribution in [0.4, 0.5) is 5.69 Å². The molecule has 0 saturated heterocycles. The maximum Gasteiger partial charge on any atom is 0.312 e. The van der Waals surface area contributed by atoms with Crippen LogP contribution in [0.2, 0.25) is 0 Å². The lowest BCUT2D eigenvalue weighted by atomic mass is 10.0. The van der Waals surface area contributed by atoms with E-state index < -0.39 is 22.1 Å². The number of hydrogen-bond donors (Lipinski definition) is 1. The summed E-state index contributed by atoms with van der Waals surface area (Å²) < 4.78 is 0. The van der Waals surface area contributed by atoms with Crippen LogP contribution in [-0.2, 0) is 0 Å². The number of carbonyl (C=O) groups excluding carboxylic acids is 1. The zero-order valence-corrected chi connectivity index (χ0v) is 9.39. The van der Waals surface area contributed by atoms with Crippen molar-refractivity contribution < 1.29 is 14.8 Å². The van der Waals surface area contributed by atoms with Crippen molar-refractivity contribution in [1.82, 2.24) is 0 Å². The Morgan fingerprint density at radius 2 is 2.25 bits per heavy atom. The van der Waals surface area contributed by atoms with E-state index in [2.05, 4.69) is 15.9 Å². The van der Waals surface area contributed by atoms with Crippen molar-refractivity contribution in [2.24, 2.45) is 0 Å². The molecule has 1 aromatic carbocycles. The lowest BCUT2D eigenvalue weighted by Gasteiger charge is -2.03. The highest BCUT2D eigenvalue weighted by molar-refractivity contribution is 9.09. The number of nitro benzene ring substituents is 1. The average molecular weight is 285 g/mol. The molecule has 0 saturated carbocycles. The van der Waals surface area contributed by atoms with E-state index in [1.54, 1.807) is 6.07 Å². The number of carbonyl (C=O) groups is 1. The number of nitrogens with zero attached hydrogens (tertiary/aromatic N) is 2. The number of hydrogen-bond acceptors (Lipinski definition) is 5. The van der Waals surface area contributed by atoms with Gasteiger partial charge in [-0.1, -0.05) is 15.9 Å². The number of phenolic OH excluding ortho intramolecular Hbond substituents is 1. The molecule has 0 aliphatic carbocycles. The summed E-state index contributed by atoms with van der Waals surface area (Å²) in [6.07, 6.45) is 0. The molecule has 6 nitrogen and oxygen atoms in total. The second-order valence-corrected chi connectivity index (χ2v) is 3.34. The van der Waals surface area contributed by atoms with E-state index in [4.69, 9.17) is 5.26 Å². The Kier molecular flexibility index (Phi) is 3.58. The van der Waals surface area contributed by atoms with Crippen molar-refractivity contribution in [2.45, 2.75) is 0 Å². The molecule has 0 radical (unpaired) electrons. The summed E-state index contributed by atoms with van der Waals surface area (Å²) in [6.45, 7) is 0. The molecule has 0 unspecified atom stereocenters. The first-order valence-corrected chi connectivity index (χ1v) is 5.14. The summed E-state index contributed by atoms with van der Waals surface area (Å²) in [5.41, 5.74) is -1.01. The van der Waals surface area contributed by atoms with Crippen molar-refractivity contribution in [3.8, 4) is 11.8 Å². The van der Waals surface area contributed by atoms with Crippen LogP contribution in [0, 0.1) is 21.4 Å². The quantitative estimate of drug-likeness (QED) is 0.394. The molecule has 1 rings (SSSR count). The molecule has 82 valence electrons. The standard InChI is InChI=1S/C9H5BrN2O4/c10-3-8(13)5-1-2-7(12(15)16)9(14)6(5)4-11/h1-2,14H,3H2. The first-order chi connectivity index (χ1) is 7.52. The molecule has 0 aliphatic heterocycles. The normalized spacial score (nSPS) is 9.50. The minimum absolute atomic E-state index is 0.0288. The molecule has 0 amide bonds. The Balaban J connectivity index is 3.48. The van der Waals surface area contributed by atoms with Gasteiger partial charge >= 0.3 is 5.69 Å². The van der Waals surface area contributed by atoms with Gasteiger partial charge in [-0.2, -0.15) is 5.26 Å². The lowest BCUT2D eigenvalue weighted by Crippen LogP contribution is -2.04. The summed E-state index contributed by atoms with van der Waals surface area (Å²) in [4.78, 5) is 21.0. The Hall–Kier alpha value is -1.94. The van der Waals surface area contributed by atoms with Gasteiger partial charge in [-0.25, -0.2) is 0 Å². The van der Waals surface area contributed by atoms with Crippen molar-refractivity contribution in [1.29, 1.82) is 5.26 Å². The van der Waals surface area contributed by atoms with Gasteiger partial charge in [0.25, 0.3) is 0 Å². The fraction of sp³-hybridized carbons (Fsp3) is 0.111. The van der Waals surface area contributed by atoms with E-state index in [0.717, 1.165) is 12.1 Å². The lowest BCUT2D eigenvalue weighted by molar-refractivity contribution is -0.385. The van der Waals surface area contributed by atoms with E-state index in [0.29, 0.717) is 0 Å². The number of rotatable bonds is 3. The topological polar surface area (TPSA) is 104 Å². The minimum Gasteiger partial charge on any atom is -0.501 e. The Morgan fingerprint density at radius 1 is 1.62 bits per heavy atom. The first-order valence-electron chi connectivity index (χ1n) is 4.02. The molecule has 0 heterocycles. The predicted molar refractivity (Wildman–Crippen MR) is 57.6 cm³/mol. The largest absolute Gasteiger partial charge is 0.501 e. The second-order valence-electron chi connectivity index (χ2n) is 2.78. The van der Waals surface area contributed by atoms with Gasteiger partial charge in [0.15, 0.2) is 5.78 Å². The molecule has 1 N–H and O–H groups in total. The van der Waals surface area contributed by atoms with Crippen LogP contribution < -0.4 is 0 Å². The van der Waals surface area contributed by atoms with Crippen molar-refractivity contribution in [3.05, 3.63) is 33.4 Å².